The normalized spacial score (nSPS) is 19.9. The topological polar surface area (TPSA) is 66.8 Å². The Labute approximate surface area is 142 Å². The second kappa shape index (κ2) is 5.73. The van der Waals surface area contributed by atoms with Crippen LogP contribution >= 0.6 is 0 Å². The molecule has 0 saturated heterocycles. The predicted octanol–water partition coefficient (Wildman–Crippen LogP) is 2.86. The molecule has 0 fully saturated rings. The summed E-state index contributed by atoms with van der Waals surface area (Å²) in [5, 5.41) is 9.45. The molecule has 6 heteroatoms. The number of nitrogens with zero attached hydrogens (tertiary/aromatic N) is 1. The molecule has 4 rings (SSSR count). The molecule has 1 N–H and O–H groups in total. The van der Waals surface area contributed by atoms with E-state index >= 15 is 0 Å². The zero-order valence-electron chi connectivity index (χ0n) is 13.1. The third-order valence-electron chi connectivity index (χ3n) is 4.48. The quantitative estimate of drug-likeness (QED) is 0.855. The molecule has 2 heterocycles. The van der Waals surface area contributed by atoms with E-state index in [9.17, 15) is 19.1 Å². The number of benzene rings is 2. The highest BCUT2D eigenvalue weighted by atomic mass is 19.1. The number of ether oxygens (including phenoxy) is 1. The lowest BCUT2D eigenvalue weighted by Gasteiger charge is -2.31. The van der Waals surface area contributed by atoms with Crippen LogP contribution in [0.1, 0.15) is 17.9 Å². The summed E-state index contributed by atoms with van der Waals surface area (Å²) in [7, 11) is 0. The van der Waals surface area contributed by atoms with Crippen molar-refractivity contribution in [3.63, 3.8) is 0 Å². The monoisotopic (exact) mass is 339 g/mol. The number of cyclic esters (lactones) is 1. The van der Waals surface area contributed by atoms with Crippen LogP contribution < -0.4 is 4.90 Å². The van der Waals surface area contributed by atoms with E-state index in [2.05, 4.69) is 0 Å². The molecule has 0 aromatic heterocycles. The van der Waals surface area contributed by atoms with Crippen molar-refractivity contribution >= 4 is 17.6 Å². The van der Waals surface area contributed by atoms with Crippen molar-refractivity contribution in [1.29, 1.82) is 0 Å². The van der Waals surface area contributed by atoms with Gasteiger partial charge in [0.1, 0.15) is 18.2 Å². The summed E-state index contributed by atoms with van der Waals surface area (Å²) in [4.78, 5) is 26.4. The number of esters is 1. The van der Waals surface area contributed by atoms with Gasteiger partial charge >= 0.3 is 5.97 Å². The minimum Gasteiger partial charge on any atom is -0.508 e. The first-order valence-corrected chi connectivity index (χ1v) is 7.82. The fraction of sp³-hybridized carbons (Fsp3) is 0.158. The summed E-state index contributed by atoms with van der Waals surface area (Å²) < 4.78 is 18.7. The van der Waals surface area contributed by atoms with Crippen molar-refractivity contribution in [2.24, 2.45) is 0 Å². The van der Waals surface area contributed by atoms with Gasteiger partial charge in [0.05, 0.1) is 17.0 Å². The Kier molecular flexibility index (Phi) is 3.53. The van der Waals surface area contributed by atoms with Gasteiger partial charge in [-0.15, -0.1) is 0 Å². The number of phenolic OH excluding ortho intramolecular Hbond substituents is 1. The smallest absolute Gasteiger partial charge is 0.336 e. The van der Waals surface area contributed by atoms with Gasteiger partial charge in [-0.3, -0.25) is 9.69 Å². The number of hydrogen-bond donors (Lipinski definition) is 1. The number of amides is 1. The van der Waals surface area contributed by atoms with E-state index in [0.717, 1.165) is 5.56 Å². The number of phenols is 1. The number of aromatic hydroxyl groups is 1. The third-order valence-corrected chi connectivity index (χ3v) is 4.48. The van der Waals surface area contributed by atoms with Crippen LogP contribution in [0.2, 0.25) is 0 Å². The molecule has 1 unspecified atom stereocenters. The molecule has 2 aromatic rings. The third kappa shape index (κ3) is 2.55. The van der Waals surface area contributed by atoms with Crippen LogP contribution in [0.15, 0.2) is 59.8 Å². The standard InChI is InChI=1S/C19H14FNO4/c20-12-2-1-3-13(8-12)21-16-10-25-19(24)18(16)15(9-17(21)23)11-4-6-14(22)7-5-11/h1-8,15,22H,9-10H2. The lowest BCUT2D eigenvalue weighted by Crippen LogP contribution is -2.37. The molecule has 1 atom stereocenters. The first kappa shape index (κ1) is 15.4. The maximum Gasteiger partial charge on any atom is 0.336 e. The molecule has 0 bridgehead atoms. The number of anilines is 1. The van der Waals surface area contributed by atoms with Crippen molar-refractivity contribution in [1.82, 2.24) is 0 Å². The predicted molar refractivity (Wildman–Crippen MR) is 87.3 cm³/mol. The average molecular weight is 339 g/mol. The molecule has 0 saturated carbocycles. The summed E-state index contributed by atoms with van der Waals surface area (Å²) in [6.07, 6.45) is 0.0647. The van der Waals surface area contributed by atoms with Crippen LogP contribution in [0.25, 0.3) is 0 Å². The maximum absolute atomic E-state index is 13.6. The Morgan fingerprint density at radius 3 is 2.60 bits per heavy atom. The Morgan fingerprint density at radius 2 is 1.88 bits per heavy atom. The number of rotatable bonds is 2. The van der Waals surface area contributed by atoms with Gasteiger partial charge in [0.2, 0.25) is 5.91 Å². The first-order chi connectivity index (χ1) is 12.0. The molecule has 0 aliphatic carbocycles. The van der Waals surface area contributed by atoms with E-state index in [1.807, 2.05) is 0 Å². The Hall–Kier alpha value is -3.15. The van der Waals surface area contributed by atoms with Crippen LogP contribution in [0, 0.1) is 5.82 Å². The highest BCUT2D eigenvalue weighted by Crippen LogP contribution is 2.42. The molecule has 126 valence electrons. The Morgan fingerprint density at radius 1 is 1.12 bits per heavy atom. The summed E-state index contributed by atoms with van der Waals surface area (Å²) in [5.41, 5.74) is 1.98. The van der Waals surface area contributed by atoms with Crippen LogP contribution in [0.4, 0.5) is 10.1 Å². The molecule has 2 aliphatic rings. The zero-order chi connectivity index (χ0) is 17.6. The lowest BCUT2D eigenvalue weighted by molar-refractivity contribution is -0.136. The summed E-state index contributed by atoms with van der Waals surface area (Å²) in [6.45, 7) is -0.0228. The molecule has 5 nitrogen and oxygen atoms in total. The minimum absolute atomic E-state index is 0.0228. The molecule has 0 spiro atoms. The van der Waals surface area contributed by atoms with Gasteiger partial charge in [-0.25, -0.2) is 9.18 Å². The van der Waals surface area contributed by atoms with Crippen LogP contribution in [-0.2, 0) is 14.3 Å². The van der Waals surface area contributed by atoms with Gasteiger partial charge in [0.25, 0.3) is 0 Å². The largest absolute Gasteiger partial charge is 0.508 e. The second-order valence-electron chi connectivity index (χ2n) is 5.99. The maximum atomic E-state index is 13.6. The van der Waals surface area contributed by atoms with Crippen molar-refractivity contribution < 1.29 is 23.8 Å². The number of halogens is 1. The Bertz CT molecular complexity index is 904. The summed E-state index contributed by atoms with van der Waals surface area (Å²) in [5.74, 6) is -1.50. The fourth-order valence-corrected chi connectivity index (χ4v) is 3.36. The lowest BCUT2D eigenvalue weighted by atomic mass is 9.84. The highest BCUT2D eigenvalue weighted by molar-refractivity contribution is 6.06. The zero-order valence-corrected chi connectivity index (χ0v) is 13.1. The molecule has 0 radical (unpaired) electrons. The van der Waals surface area contributed by atoms with Gasteiger partial charge in [0, 0.05) is 12.3 Å². The van der Waals surface area contributed by atoms with Crippen molar-refractivity contribution in [2.75, 3.05) is 11.5 Å². The van der Waals surface area contributed by atoms with Crippen molar-refractivity contribution in [3.8, 4) is 5.75 Å². The van der Waals surface area contributed by atoms with Gasteiger partial charge in [-0.2, -0.15) is 0 Å². The minimum atomic E-state index is -0.470. The van der Waals surface area contributed by atoms with E-state index in [0.29, 0.717) is 17.0 Å². The van der Waals surface area contributed by atoms with Gasteiger partial charge in [0.15, 0.2) is 0 Å². The van der Waals surface area contributed by atoms with Crippen LogP contribution in [-0.4, -0.2) is 23.6 Å². The number of hydrogen-bond acceptors (Lipinski definition) is 4. The van der Waals surface area contributed by atoms with Gasteiger partial charge in [-0.05, 0) is 35.9 Å². The van der Waals surface area contributed by atoms with Crippen molar-refractivity contribution in [3.05, 3.63) is 71.2 Å². The fourth-order valence-electron chi connectivity index (χ4n) is 3.36. The first-order valence-electron chi connectivity index (χ1n) is 7.82. The number of carbonyl (C=O) groups excluding carboxylic acids is 2. The highest BCUT2D eigenvalue weighted by Gasteiger charge is 2.42. The van der Waals surface area contributed by atoms with E-state index in [1.54, 1.807) is 18.2 Å². The molecular weight excluding hydrogens is 325 g/mol. The molecule has 1 amide bonds. The molecular formula is C19H14FNO4. The molecule has 25 heavy (non-hydrogen) atoms. The van der Waals surface area contributed by atoms with Gasteiger partial charge in [-0.1, -0.05) is 18.2 Å². The Balaban J connectivity index is 1.83. The van der Waals surface area contributed by atoms with E-state index in [4.69, 9.17) is 4.74 Å². The SMILES string of the molecule is O=C1OCC2=C1C(c1ccc(O)cc1)CC(=O)N2c1cccc(F)c1. The number of carbonyl (C=O) groups is 2. The average Bonchev–Trinajstić information content (AvgIpc) is 2.96. The van der Waals surface area contributed by atoms with Crippen LogP contribution in [0.3, 0.4) is 0 Å². The second-order valence-corrected chi connectivity index (χ2v) is 5.99. The van der Waals surface area contributed by atoms with E-state index in [1.165, 1.54) is 35.2 Å². The van der Waals surface area contributed by atoms with E-state index < -0.39 is 17.7 Å². The van der Waals surface area contributed by atoms with Crippen LogP contribution in [0.5, 0.6) is 5.75 Å². The van der Waals surface area contributed by atoms with E-state index in [-0.39, 0.29) is 24.7 Å². The molecule has 2 aliphatic heterocycles. The molecule has 2 aromatic carbocycles. The van der Waals surface area contributed by atoms with Gasteiger partial charge < -0.3 is 9.84 Å². The summed E-state index contributed by atoms with van der Waals surface area (Å²) in [6, 6.07) is 12.1. The van der Waals surface area contributed by atoms with Crippen molar-refractivity contribution in [2.45, 2.75) is 12.3 Å². The summed E-state index contributed by atoms with van der Waals surface area (Å²) >= 11 is 0.